The average Bonchev–Trinajstić information content (AvgIpc) is 3.03. The Labute approximate surface area is 106 Å². The van der Waals surface area contributed by atoms with Crippen molar-refractivity contribution in [2.75, 3.05) is 0 Å². The third-order valence-corrected chi connectivity index (χ3v) is 3.32. The van der Waals surface area contributed by atoms with Gasteiger partial charge in [0.15, 0.2) is 0 Å². The molecule has 0 spiro atoms. The molecule has 0 amide bonds. The van der Waals surface area contributed by atoms with E-state index in [0.717, 1.165) is 25.7 Å². The van der Waals surface area contributed by atoms with Crippen LogP contribution in [0.25, 0.3) is 0 Å². The second-order valence-corrected chi connectivity index (χ2v) is 5.09. The molecule has 100 valence electrons. The van der Waals surface area contributed by atoms with Crippen molar-refractivity contribution >= 4 is 0 Å². The summed E-state index contributed by atoms with van der Waals surface area (Å²) < 4.78 is 5.53. The Balaban J connectivity index is 2.01. The zero-order valence-electron chi connectivity index (χ0n) is 11.4. The van der Waals surface area contributed by atoms with Crippen LogP contribution in [0.4, 0.5) is 0 Å². The Morgan fingerprint density at radius 2 is 1.94 bits per heavy atom. The minimum atomic E-state index is -0.166. The van der Waals surface area contributed by atoms with Crippen LogP contribution in [-0.2, 0) is 4.74 Å². The van der Waals surface area contributed by atoms with Gasteiger partial charge in [0.2, 0.25) is 0 Å². The molecule has 1 fully saturated rings. The molecule has 1 N–H and O–H groups in total. The molecule has 0 aromatic heterocycles. The first-order valence-corrected chi connectivity index (χ1v) is 7.28. The van der Waals surface area contributed by atoms with E-state index in [-0.39, 0.29) is 18.3 Å². The normalized spacial score (nSPS) is 25.4. The number of hydrogen-bond acceptors (Lipinski definition) is 2. The van der Waals surface area contributed by atoms with E-state index in [1.807, 2.05) is 0 Å². The van der Waals surface area contributed by atoms with Gasteiger partial charge in [0.05, 0.1) is 12.2 Å². The van der Waals surface area contributed by atoms with Crippen molar-refractivity contribution < 1.29 is 9.84 Å². The fraction of sp³-hybridized carbons (Fsp3) is 0.867. The summed E-state index contributed by atoms with van der Waals surface area (Å²) in [5.74, 6) is 0. The summed E-state index contributed by atoms with van der Waals surface area (Å²) in [5.41, 5.74) is 0. The molecule has 1 rings (SSSR count). The summed E-state index contributed by atoms with van der Waals surface area (Å²) >= 11 is 0. The Morgan fingerprint density at radius 3 is 2.65 bits per heavy atom. The van der Waals surface area contributed by atoms with Crippen molar-refractivity contribution in [3.8, 4) is 0 Å². The molecule has 1 heterocycles. The van der Waals surface area contributed by atoms with Crippen LogP contribution >= 0.6 is 0 Å². The maximum atomic E-state index is 9.81. The van der Waals surface area contributed by atoms with Crippen molar-refractivity contribution in [2.45, 2.75) is 83.5 Å². The van der Waals surface area contributed by atoms with Crippen LogP contribution < -0.4 is 0 Å². The molecule has 3 unspecified atom stereocenters. The van der Waals surface area contributed by atoms with E-state index in [4.69, 9.17) is 4.74 Å². The lowest BCUT2D eigenvalue weighted by atomic mass is 10.0. The Hall–Kier alpha value is -0.340. The molecule has 1 aliphatic heterocycles. The predicted molar refractivity (Wildman–Crippen MR) is 72.1 cm³/mol. The van der Waals surface area contributed by atoms with Crippen molar-refractivity contribution in [3.63, 3.8) is 0 Å². The highest BCUT2D eigenvalue weighted by atomic mass is 16.6. The number of hydrogen-bond donors (Lipinski definition) is 1. The predicted octanol–water partition coefficient (Wildman–Crippen LogP) is 3.83. The molecule has 1 saturated heterocycles. The summed E-state index contributed by atoms with van der Waals surface area (Å²) in [7, 11) is 0. The van der Waals surface area contributed by atoms with E-state index in [1.165, 1.54) is 25.7 Å². The van der Waals surface area contributed by atoms with Gasteiger partial charge in [-0.2, -0.15) is 0 Å². The standard InChI is InChI=1S/C15H28O2/c1-3-5-7-9-11-14-15(17-14)12-13(16)10-8-6-4-2/h9,11,13-16H,3-8,10,12H2,1-2H3/b11-9+. The number of rotatable bonds is 10. The van der Waals surface area contributed by atoms with Gasteiger partial charge in [-0.3, -0.25) is 0 Å². The molecule has 0 aromatic rings. The van der Waals surface area contributed by atoms with Gasteiger partial charge < -0.3 is 9.84 Å². The van der Waals surface area contributed by atoms with E-state index in [1.54, 1.807) is 0 Å². The van der Waals surface area contributed by atoms with Crippen LogP contribution in [0.5, 0.6) is 0 Å². The van der Waals surface area contributed by atoms with Crippen LogP contribution in [0.3, 0.4) is 0 Å². The summed E-state index contributed by atoms with van der Waals surface area (Å²) in [4.78, 5) is 0. The maximum Gasteiger partial charge on any atom is 0.102 e. The first kappa shape index (κ1) is 14.7. The topological polar surface area (TPSA) is 32.8 Å². The van der Waals surface area contributed by atoms with Gasteiger partial charge in [-0.05, 0) is 12.8 Å². The molecule has 2 nitrogen and oxygen atoms in total. The molecule has 0 aliphatic carbocycles. The van der Waals surface area contributed by atoms with E-state index in [0.29, 0.717) is 0 Å². The fourth-order valence-electron chi connectivity index (χ4n) is 2.08. The Morgan fingerprint density at radius 1 is 1.18 bits per heavy atom. The van der Waals surface area contributed by atoms with E-state index >= 15 is 0 Å². The van der Waals surface area contributed by atoms with Crippen LogP contribution in [-0.4, -0.2) is 23.4 Å². The van der Waals surface area contributed by atoms with Gasteiger partial charge in [0.25, 0.3) is 0 Å². The molecule has 0 aromatic carbocycles. The molecular weight excluding hydrogens is 212 g/mol. The molecule has 0 radical (unpaired) electrons. The highest BCUT2D eigenvalue weighted by molar-refractivity contribution is 5.03. The number of unbranched alkanes of at least 4 members (excludes halogenated alkanes) is 4. The quantitative estimate of drug-likeness (QED) is 0.357. The van der Waals surface area contributed by atoms with Gasteiger partial charge in [0.1, 0.15) is 6.10 Å². The van der Waals surface area contributed by atoms with E-state index in [2.05, 4.69) is 26.0 Å². The van der Waals surface area contributed by atoms with Gasteiger partial charge >= 0.3 is 0 Å². The Kier molecular flexibility index (Phi) is 7.54. The zero-order chi connectivity index (χ0) is 12.5. The summed E-state index contributed by atoms with van der Waals surface area (Å²) in [6.45, 7) is 4.39. The molecule has 17 heavy (non-hydrogen) atoms. The molecule has 3 atom stereocenters. The van der Waals surface area contributed by atoms with Gasteiger partial charge in [-0.15, -0.1) is 0 Å². The van der Waals surface area contributed by atoms with E-state index in [9.17, 15) is 5.11 Å². The first-order valence-electron chi connectivity index (χ1n) is 7.28. The van der Waals surface area contributed by atoms with Gasteiger partial charge in [-0.25, -0.2) is 0 Å². The minimum Gasteiger partial charge on any atom is -0.393 e. The molecule has 0 saturated carbocycles. The van der Waals surface area contributed by atoms with Gasteiger partial charge in [-0.1, -0.05) is 58.1 Å². The largest absolute Gasteiger partial charge is 0.393 e. The SMILES string of the molecule is CCCC/C=C/C1OC1CC(O)CCCCC. The summed E-state index contributed by atoms with van der Waals surface area (Å²) in [5, 5.41) is 9.81. The lowest BCUT2D eigenvalue weighted by Gasteiger charge is -2.07. The van der Waals surface area contributed by atoms with Crippen LogP contribution in [0, 0.1) is 0 Å². The van der Waals surface area contributed by atoms with Crippen LogP contribution in [0.1, 0.15) is 65.2 Å². The van der Waals surface area contributed by atoms with Crippen molar-refractivity contribution in [3.05, 3.63) is 12.2 Å². The summed E-state index contributed by atoms with van der Waals surface area (Å²) in [6.07, 6.45) is 13.8. The first-order chi connectivity index (χ1) is 8.27. The molecule has 1 aliphatic rings. The minimum absolute atomic E-state index is 0.166. The fourth-order valence-corrected chi connectivity index (χ4v) is 2.08. The lowest BCUT2D eigenvalue weighted by molar-refractivity contribution is 0.139. The van der Waals surface area contributed by atoms with Crippen LogP contribution in [0.2, 0.25) is 0 Å². The number of ether oxygens (including phenoxy) is 1. The highest BCUT2D eigenvalue weighted by Gasteiger charge is 2.37. The monoisotopic (exact) mass is 240 g/mol. The number of allylic oxidation sites excluding steroid dienone is 1. The molecule has 0 bridgehead atoms. The number of aliphatic hydroxyl groups is 1. The number of epoxide rings is 1. The maximum absolute atomic E-state index is 9.81. The third-order valence-electron chi connectivity index (χ3n) is 3.32. The van der Waals surface area contributed by atoms with E-state index < -0.39 is 0 Å². The molecular formula is C15H28O2. The smallest absolute Gasteiger partial charge is 0.102 e. The molecule has 2 heteroatoms. The average molecular weight is 240 g/mol. The zero-order valence-corrected chi connectivity index (χ0v) is 11.4. The second-order valence-electron chi connectivity index (χ2n) is 5.09. The number of aliphatic hydroxyl groups excluding tert-OH is 1. The van der Waals surface area contributed by atoms with Gasteiger partial charge in [0, 0.05) is 6.42 Å². The lowest BCUT2D eigenvalue weighted by Crippen LogP contribution is -2.10. The Bertz CT molecular complexity index is 213. The highest BCUT2D eigenvalue weighted by Crippen LogP contribution is 2.29. The summed E-state index contributed by atoms with van der Waals surface area (Å²) in [6, 6.07) is 0. The van der Waals surface area contributed by atoms with Crippen molar-refractivity contribution in [2.24, 2.45) is 0 Å². The van der Waals surface area contributed by atoms with Crippen molar-refractivity contribution in [1.82, 2.24) is 0 Å². The van der Waals surface area contributed by atoms with Crippen LogP contribution in [0.15, 0.2) is 12.2 Å². The third kappa shape index (κ3) is 6.85. The second kappa shape index (κ2) is 8.71. The van der Waals surface area contributed by atoms with Crippen molar-refractivity contribution in [1.29, 1.82) is 0 Å².